The lowest BCUT2D eigenvalue weighted by atomic mass is 9.94. The molecule has 3 N–H and O–H groups in total. The minimum Gasteiger partial charge on any atom is -0.469 e. The number of ether oxygens (including phenoxy) is 1. The second-order valence-corrected chi connectivity index (χ2v) is 3.46. The van der Waals surface area contributed by atoms with E-state index in [0.29, 0.717) is 0 Å². The van der Waals surface area contributed by atoms with Gasteiger partial charge in [-0.15, -0.1) is 0 Å². The van der Waals surface area contributed by atoms with Gasteiger partial charge in [-0.2, -0.15) is 0 Å². The number of hydrogen-bond acceptors (Lipinski definition) is 5. The fourth-order valence-corrected chi connectivity index (χ4v) is 0.408. The van der Waals surface area contributed by atoms with E-state index >= 15 is 0 Å². The van der Waals surface area contributed by atoms with E-state index in [9.17, 15) is 9.90 Å². The predicted octanol–water partition coefficient (Wildman–Crippen LogP) is 0.173. The summed E-state index contributed by atoms with van der Waals surface area (Å²) in [7, 11) is 1.30. The zero-order valence-corrected chi connectivity index (χ0v) is 9.73. The molecule has 0 aliphatic carbocycles. The summed E-state index contributed by atoms with van der Waals surface area (Å²) in [5.41, 5.74) is -2.87. The molecule has 0 amide bonds. The molecule has 0 radical (unpaired) electrons. The average molecular weight is 242 g/mol. The number of aliphatic hydroxyl groups excluding tert-OH is 2. The Hall–Kier alpha value is -0.650. The normalized spacial score (nSPS) is 21.6. The number of aliphatic hydroxyl groups is 3. The van der Waals surface area contributed by atoms with Crippen LogP contribution in [0.1, 0.15) is 35.8 Å². The molecular formula is C11H24O5. The van der Waals surface area contributed by atoms with Crippen molar-refractivity contribution in [3.05, 3.63) is 0 Å². The van der Waals surface area contributed by atoms with Crippen LogP contribution in [0.5, 0.6) is 0 Å². The van der Waals surface area contributed by atoms with Crippen molar-refractivity contribution < 1.29 is 33.1 Å². The van der Waals surface area contributed by atoms with E-state index in [1.807, 2.05) is 0 Å². The van der Waals surface area contributed by atoms with Crippen LogP contribution in [0.2, 0.25) is 0 Å². The molecule has 5 nitrogen and oxygen atoms in total. The van der Waals surface area contributed by atoms with Crippen molar-refractivity contribution >= 4 is 5.97 Å². The van der Waals surface area contributed by atoms with E-state index in [1.54, 1.807) is 6.92 Å². The maximum absolute atomic E-state index is 10.4. The van der Waals surface area contributed by atoms with Crippen LogP contribution >= 0.6 is 0 Å². The molecule has 0 saturated heterocycles. The SMILES string of the molecule is COC(=O)[C@H](C)CO.[2H]C([2H])([2H])C(O)([C@H](C)CO)C([2H])([2H])[2H]. The first kappa shape index (κ1) is 8.44. The Labute approximate surface area is 105 Å². The van der Waals surface area contributed by atoms with Crippen molar-refractivity contribution in [2.75, 3.05) is 20.3 Å². The summed E-state index contributed by atoms with van der Waals surface area (Å²) in [5, 5.41) is 26.7. The van der Waals surface area contributed by atoms with E-state index in [4.69, 9.17) is 18.4 Å². The smallest absolute Gasteiger partial charge is 0.310 e. The predicted molar refractivity (Wildman–Crippen MR) is 60.8 cm³/mol. The Kier molecular flexibility index (Phi) is 4.48. The molecule has 0 aromatic heterocycles. The van der Waals surface area contributed by atoms with Gasteiger partial charge in [-0.1, -0.05) is 6.92 Å². The fourth-order valence-electron chi connectivity index (χ4n) is 0.408. The third-order valence-electron chi connectivity index (χ3n) is 1.86. The van der Waals surface area contributed by atoms with Crippen molar-refractivity contribution in [1.82, 2.24) is 0 Å². The third-order valence-corrected chi connectivity index (χ3v) is 1.86. The lowest BCUT2D eigenvalue weighted by molar-refractivity contribution is -0.146. The highest BCUT2D eigenvalue weighted by atomic mass is 16.5. The third kappa shape index (κ3) is 8.64. The highest BCUT2D eigenvalue weighted by Gasteiger charge is 2.20. The monoisotopic (exact) mass is 242 g/mol. The van der Waals surface area contributed by atoms with Gasteiger partial charge >= 0.3 is 5.97 Å². The number of rotatable bonds is 4. The quantitative estimate of drug-likeness (QED) is 0.612. The summed E-state index contributed by atoms with van der Waals surface area (Å²) in [6.07, 6.45) is 0. The Bertz CT molecular complexity index is 327. The first-order chi connectivity index (χ1) is 9.70. The minimum atomic E-state index is -3.06. The van der Waals surface area contributed by atoms with Gasteiger partial charge in [0, 0.05) is 20.7 Å². The maximum atomic E-state index is 10.4. The summed E-state index contributed by atoms with van der Waals surface area (Å²) in [6, 6.07) is 0. The van der Waals surface area contributed by atoms with Gasteiger partial charge in [0.25, 0.3) is 0 Å². The minimum absolute atomic E-state index is 0.146. The molecule has 0 aromatic rings. The van der Waals surface area contributed by atoms with Crippen LogP contribution < -0.4 is 0 Å². The van der Waals surface area contributed by atoms with Crippen LogP contribution in [0.4, 0.5) is 0 Å². The first-order valence-corrected chi connectivity index (χ1v) is 4.72. The van der Waals surface area contributed by atoms with Gasteiger partial charge in [0.1, 0.15) is 0 Å². The number of methoxy groups -OCH3 is 1. The summed E-state index contributed by atoms with van der Waals surface area (Å²) in [5.74, 6) is -2.00. The highest BCUT2D eigenvalue weighted by molar-refractivity contribution is 5.71. The van der Waals surface area contributed by atoms with E-state index in [1.165, 1.54) is 14.0 Å². The molecule has 2 atom stereocenters. The zero-order chi connectivity index (χ0) is 18.4. The zero-order valence-electron chi connectivity index (χ0n) is 15.7. The van der Waals surface area contributed by atoms with Crippen LogP contribution in [0, 0.1) is 11.8 Å². The van der Waals surface area contributed by atoms with Gasteiger partial charge in [-0.05, 0) is 20.6 Å². The van der Waals surface area contributed by atoms with E-state index in [2.05, 4.69) is 4.74 Å². The summed E-state index contributed by atoms with van der Waals surface area (Å²) in [4.78, 5) is 10.4. The molecule has 0 fully saturated rings. The van der Waals surface area contributed by atoms with Gasteiger partial charge < -0.3 is 20.1 Å². The van der Waals surface area contributed by atoms with Crippen LogP contribution in [0.3, 0.4) is 0 Å². The molecule has 0 aliphatic heterocycles. The maximum Gasteiger partial charge on any atom is 0.310 e. The van der Waals surface area contributed by atoms with Gasteiger partial charge in [-0.25, -0.2) is 0 Å². The van der Waals surface area contributed by atoms with Gasteiger partial charge in [-0.3, -0.25) is 4.79 Å². The van der Waals surface area contributed by atoms with Crippen molar-refractivity contribution in [3.63, 3.8) is 0 Å². The molecular weight excluding hydrogens is 212 g/mol. The van der Waals surface area contributed by atoms with Crippen molar-refractivity contribution in [2.45, 2.75) is 33.2 Å². The van der Waals surface area contributed by atoms with Crippen molar-refractivity contribution in [1.29, 1.82) is 0 Å². The van der Waals surface area contributed by atoms with E-state index in [0.717, 1.165) is 0 Å². The Balaban J connectivity index is 0. The van der Waals surface area contributed by atoms with Crippen molar-refractivity contribution in [3.8, 4) is 0 Å². The molecule has 0 aromatic carbocycles. The Morgan fingerprint density at radius 1 is 1.38 bits per heavy atom. The average Bonchev–Trinajstić information content (AvgIpc) is 2.41. The Morgan fingerprint density at radius 3 is 2.00 bits per heavy atom. The number of hydrogen-bond donors (Lipinski definition) is 3. The second-order valence-electron chi connectivity index (χ2n) is 3.46. The Morgan fingerprint density at radius 2 is 1.88 bits per heavy atom. The van der Waals surface area contributed by atoms with Gasteiger partial charge in [0.15, 0.2) is 0 Å². The fraction of sp³-hybridized carbons (Fsp3) is 0.909. The molecule has 0 rings (SSSR count). The standard InChI is InChI=1S/C6H14O2.C5H10O3/c1-5(4-7)6(2,3)8;1-4(3-6)5(7)8-2/h5,7-8H,4H2,1-3H3;4,6H,3H2,1-2H3/t5-;4-/m11/s1/i2D3,3D3;. The van der Waals surface area contributed by atoms with Crippen LogP contribution in [0.25, 0.3) is 0 Å². The van der Waals surface area contributed by atoms with Crippen molar-refractivity contribution in [2.24, 2.45) is 11.8 Å². The summed E-state index contributed by atoms with van der Waals surface area (Å²) >= 11 is 0. The molecule has 0 bridgehead atoms. The number of esters is 1. The number of carbonyl (C=O) groups is 1. The molecule has 98 valence electrons. The highest BCUT2D eigenvalue weighted by Crippen LogP contribution is 2.13. The van der Waals surface area contributed by atoms with E-state index < -0.39 is 31.8 Å². The first-order valence-electron chi connectivity index (χ1n) is 7.72. The van der Waals surface area contributed by atoms with Crippen LogP contribution in [-0.4, -0.2) is 47.2 Å². The second kappa shape index (κ2) is 8.50. The van der Waals surface area contributed by atoms with Crippen LogP contribution in [0.15, 0.2) is 0 Å². The molecule has 0 spiro atoms. The number of carbonyl (C=O) groups excluding carboxylic acids is 1. The summed E-state index contributed by atoms with van der Waals surface area (Å²) < 4.78 is 46.2. The molecule has 5 heteroatoms. The lowest BCUT2D eigenvalue weighted by Gasteiger charge is -2.23. The van der Waals surface area contributed by atoms with E-state index in [-0.39, 0.29) is 18.5 Å². The molecule has 0 aliphatic rings. The van der Waals surface area contributed by atoms with Crippen LogP contribution in [-0.2, 0) is 9.53 Å². The largest absolute Gasteiger partial charge is 0.469 e. The lowest BCUT2D eigenvalue weighted by Crippen LogP contribution is -2.30. The van der Waals surface area contributed by atoms with Gasteiger partial charge in [0.2, 0.25) is 0 Å². The molecule has 0 saturated carbocycles. The summed E-state index contributed by atoms with van der Waals surface area (Å²) in [6.45, 7) is -4.18. The topological polar surface area (TPSA) is 87.0 Å². The molecule has 0 heterocycles. The molecule has 0 unspecified atom stereocenters. The molecule has 16 heavy (non-hydrogen) atoms. The van der Waals surface area contributed by atoms with Gasteiger partial charge in [0.05, 0.1) is 25.2 Å².